The normalized spacial score (nSPS) is 31.9. The first-order valence-corrected chi connectivity index (χ1v) is 6.23. The van der Waals surface area contributed by atoms with Crippen LogP contribution >= 0.6 is 0 Å². The molecule has 6 nitrogen and oxygen atoms in total. The van der Waals surface area contributed by atoms with Gasteiger partial charge in [-0.1, -0.05) is 0 Å². The number of rotatable bonds is 0. The van der Waals surface area contributed by atoms with Gasteiger partial charge in [0.15, 0.2) is 0 Å². The van der Waals surface area contributed by atoms with Crippen molar-refractivity contribution >= 4 is 12.0 Å². The first-order chi connectivity index (χ1) is 8.28. The SMILES string of the molecule is CC(C)(C)OC(=O)N1C[C@H](O)C[C@@H]2CNC(=O)[C@@H]21. The fourth-order valence-electron chi connectivity index (χ4n) is 2.54. The molecule has 0 aromatic carbocycles. The van der Waals surface area contributed by atoms with Gasteiger partial charge >= 0.3 is 6.09 Å². The summed E-state index contributed by atoms with van der Waals surface area (Å²) < 4.78 is 5.28. The molecule has 0 spiro atoms. The average molecular weight is 256 g/mol. The van der Waals surface area contributed by atoms with Gasteiger partial charge in [-0.2, -0.15) is 0 Å². The minimum absolute atomic E-state index is 0.0197. The maximum absolute atomic E-state index is 12.1. The highest BCUT2D eigenvalue weighted by atomic mass is 16.6. The van der Waals surface area contributed by atoms with Gasteiger partial charge in [0.1, 0.15) is 11.6 Å². The summed E-state index contributed by atoms with van der Waals surface area (Å²) in [4.78, 5) is 25.2. The third-order valence-corrected chi connectivity index (χ3v) is 3.20. The minimum Gasteiger partial charge on any atom is -0.444 e. The summed E-state index contributed by atoms with van der Waals surface area (Å²) >= 11 is 0. The summed E-state index contributed by atoms with van der Waals surface area (Å²) in [5.74, 6) is -0.175. The number of β-amino-alcohol motifs (C(OH)–C–C–N with tert-alkyl or cyclic N) is 1. The molecule has 0 bridgehead atoms. The van der Waals surface area contributed by atoms with Gasteiger partial charge in [0.05, 0.1) is 12.6 Å². The highest BCUT2D eigenvalue weighted by Crippen LogP contribution is 2.28. The average Bonchev–Trinajstić information content (AvgIpc) is 2.56. The van der Waals surface area contributed by atoms with Crippen molar-refractivity contribution in [2.24, 2.45) is 5.92 Å². The van der Waals surface area contributed by atoms with Crippen molar-refractivity contribution in [1.82, 2.24) is 10.2 Å². The van der Waals surface area contributed by atoms with E-state index < -0.39 is 23.8 Å². The summed E-state index contributed by atoms with van der Waals surface area (Å²) in [6.45, 7) is 6.00. The minimum atomic E-state index is -0.607. The van der Waals surface area contributed by atoms with Crippen LogP contribution in [0, 0.1) is 5.92 Å². The van der Waals surface area contributed by atoms with Crippen LogP contribution in [0.25, 0.3) is 0 Å². The van der Waals surface area contributed by atoms with Crippen LogP contribution in [-0.4, -0.2) is 52.8 Å². The Kier molecular flexibility index (Phi) is 3.23. The van der Waals surface area contributed by atoms with Crippen LogP contribution in [0.1, 0.15) is 27.2 Å². The van der Waals surface area contributed by atoms with E-state index in [1.54, 1.807) is 20.8 Å². The summed E-state index contributed by atoms with van der Waals surface area (Å²) in [6.07, 6.45) is -0.581. The molecule has 0 unspecified atom stereocenters. The molecule has 0 saturated carbocycles. The third kappa shape index (κ3) is 2.58. The van der Waals surface area contributed by atoms with Crippen molar-refractivity contribution in [2.75, 3.05) is 13.1 Å². The van der Waals surface area contributed by atoms with E-state index in [0.29, 0.717) is 13.0 Å². The summed E-state index contributed by atoms with van der Waals surface area (Å²) in [6, 6.07) is -0.497. The van der Waals surface area contributed by atoms with Crippen LogP contribution in [-0.2, 0) is 9.53 Å². The Labute approximate surface area is 106 Å². The number of hydrogen-bond donors (Lipinski definition) is 2. The Morgan fingerprint density at radius 3 is 2.78 bits per heavy atom. The Morgan fingerprint density at radius 1 is 1.50 bits per heavy atom. The molecule has 0 radical (unpaired) electrons. The van der Waals surface area contributed by atoms with Gasteiger partial charge in [-0.15, -0.1) is 0 Å². The molecule has 0 aromatic rings. The maximum atomic E-state index is 12.1. The zero-order valence-corrected chi connectivity index (χ0v) is 11.0. The number of carbonyl (C=O) groups excluding carboxylic acids is 2. The predicted molar refractivity (Wildman–Crippen MR) is 63.9 cm³/mol. The highest BCUT2D eigenvalue weighted by molar-refractivity contribution is 5.88. The quantitative estimate of drug-likeness (QED) is 0.644. The standard InChI is InChI=1S/C12H20N2O4/c1-12(2,3)18-11(17)14-6-8(15)4-7-5-13-10(16)9(7)14/h7-9,15H,4-6H2,1-3H3,(H,13,16)/t7-,8-,9-/m1/s1. The van der Waals surface area contributed by atoms with E-state index in [1.165, 1.54) is 4.90 Å². The van der Waals surface area contributed by atoms with Crippen LogP contribution in [0.15, 0.2) is 0 Å². The van der Waals surface area contributed by atoms with Crippen LogP contribution < -0.4 is 5.32 Å². The second-order valence-corrected chi connectivity index (χ2v) is 5.97. The molecule has 0 aromatic heterocycles. The number of aliphatic hydroxyl groups is 1. The molecular weight excluding hydrogens is 236 g/mol. The van der Waals surface area contributed by atoms with Crippen molar-refractivity contribution in [3.63, 3.8) is 0 Å². The van der Waals surface area contributed by atoms with Crippen LogP contribution in [0.5, 0.6) is 0 Å². The Hall–Kier alpha value is -1.30. The van der Waals surface area contributed by atoms with Gasteiger partial charge in [0.25, 0.3) is 0 Å². The largest absolute Gasteiger partial charge is 0.444 e. The molecule has 2 aliphatic rings. The van der Waals surface area contributed by atoms with Crippen molar-refractivity contribution in [3.8, 4) is 0 Å². The molecule has 18 heavy (non-hydrogen) atoms. The monoisotopic (exact) mass is 256 g/mol. The molecular formula is C12H20N2O4. The van der Waals surface area contributed by atoms with Gasteiger partial charge in [-0.3, -0.25) is 9.69 Å². The number of likely N-dealkylation sites (tertiary alicyclic amines) is 1. The lowest BCUT2D eigenvalue weighted by Crippen LogP contribution is -2.55. The van der Waals surface area contributed by atoms with E-state index in [0.717, 1.165) is 0 Å². The molecule has 2 heterocycles. The number of amides is 2. The zero-order valence-electron chi connectivity index (χ0n) is 11.0. The van der Waals surface area contributed by atoms with Gasteiger partial charge in [-0.05, 0) is 27.2 Å². The number of nitrogens with zero attached hydrogens (tertiary/aromatic N) is 1. The zero-order chi connectivity index (χ0) is 13.5. The summed E-state index contributed by atoms with van der Waals surface area (Å²) in [7, 11) is 0. The van der Waals surface area contributed by atoms with Crippen LogP contribution in [0.3, 0.4) is 0 Å². The lowest BCUT2D eigenvalue weighted by atomic mass is 9.90. The lowest BCUT2D eigenvalue weighted by Gasteiger charge is -2.38. The van der Waals surface area contributed by atoms with E-state index in [1.807, 2.05) is 0 Å². The Balaban J connectivity index is 2.14. The number of carbonyl (C=O) groups is 2. The van der Waals surface area contributed by atoms with E-state index >= 15 is 0 Å². The van der Waals surface area contributed by atoms with Gasteiger partial charge < -0.3 is 15.2 Å². The van der Waals surface area contributed by atoms with E-state index in [-0.39, 0.29) is 18.4 Å². The predicted octanol–water partition coefficient (Wildman–Crippen LogP) is 0.103. The molecule has 102 valence electrons. The molecule has 2 saturated heterocycles. The van der Waals surface area contributed by atoms with Crippen LogP contribution in [0.2, 0.25) is 0 Å². The lowest BCUT2D eigenvalue weighted by molar-refractivity contribution is -0.126. The van der Waals surface area contributed by atoms with Crippen molar-refractivity contribution < 1.29 is 19.4 Å². The molecule has 2 fully saturated rings. The number of ether oxygens (including phenoxy) is 1. The Morgan fingerprint density at radius 2 is 2.17 bits per heavy atom. The number of aliphatic hydroxyl groups excluding tert-OH is 1. The highest BCUT2D eigenvalue weighted by Gasteiger charge is 2.47. The molecule has 0 aliphatic carbocycles. The molecule has 2 amide bonds. The number of piperidine rings is 1. The van der Waals surface area contributed by atoms with Gasteiger partial charge in [0, 0.05) is 12.5 Å². The molecule has 2 aliphatic heterocycles. The second kappa shape index (κ2) is 4.42. The smallest absolute Gasteiger partial charge is 0.411 e. The number of hydrogen-bond acceptors (Lipinski definition) is 4. The summed E-state index contributed by atoms with van der Waals surface area (Å²) in [5.41, 5.74) is -0.607. The maximum Gasteiger partial charge on any atom is 0.411 e. The number of nitrogens with one attached hydrogen (secondary N) is 1. The first-order valence-electron chi connectivity index (χ1n) is 6.23. The Bertz CT molecular complexity index is 364. The van der Waals surface area contributed by atoms with E-state index in [2.05, 4.69) is 5.32 Å². The van der Waals surface area contributed by atoms with Crippen molar-refractivity contribution in [1.29, 1.82) is 0 Å². The third-order valence-electron chi connectivity index (χ3n) is 3.20. The van der Waals surface area contributed by atoms with Gasteiger partial charge in [-0.25, -0.2) is 4.79 Å². The van der Waals surface area contributed by atoms with Crippen LogP contribution in [0.4, 0.5) is 4.79 Å². The topological polar surface area (TPSA) is 78.9 Å². The van der Waals surface area contributed by atoms with E-state index in [4.69, 9.17) is 4.74 Å². The van der Waals surface area contributed by atoms with Crippen molar-refractivity contribution in [3.05, 3.63) is 0 Å². The summed E-state index contributed by atoms with van der Waals surface area (Å²) in [5, 5.41) is 12.5. The fraction of sp³-hybridized carbons (Fsp3) is 0.833. The molecule has 6 heteroatoms. The molecule has 2 rings (SSSR count). The van der Waals surface area contributed by atoms with Gasteiger partial charge in [0.2, 0.25) is 5.91 Å². The first kappa shape index (κ1) is 13.1. The number of fused-ring (bicyclic) bond motifs is 1. The molecule has 3 atom stereocenters. The molecule has 2 N–H and O–H groups in total. The second-order valence-electron chi connectivity index (χ2n) is 5.97. The van der Waals surface area contributed by atoms with Crippen molar-refractivity contribution in [2.45, 2.75) is 44.9 Å². The van der Waals surface area contributed by atoms with E-state index in [9.17, 15) is 14.7 Å². The fourth-order valence-corrected chi connectivity index (χ4v) is 2.54.